The van der Waals surface area contributed by atoms with Gasteiger partial charge in [0.05, 0.1) is 12.6 Å². The van der Waals surface area contributed by atoms with E-state index in [2.05, 4.69) is 34.2 Å². The fourth-order valence-corrected chi connectivity index (χ4v) is 2.43. The largest absolute Gasteiger partial charge is 0.493 e. The number of urea groups is 1. The Morgan fingerprint density at radius 2 is 2.29 bits per heavy atom. The van der Waals surface area contributed by atoms with Gasteiger partial charge in [-0.3, -0.25) is 0 Å². The van der Waals surface area contributed by atoms with Gasteiger partial charge >= 0.3 is 6.03 Å². The van der Waals surface area contributed by atoms with E-state index in [9.17, 15) is 4.79 Å². The summed E-state index contributed by atoms with van der Waals surface area (Å²) in [6.07, 6.45) is 2.61. The minimum Gasteiger partial charge on any atom is -0.493 e. The van der Waals surface area contributed by atoms with E-state index < -0.39 is 0 Å². The second-order valence-electron chi connectivity index (χ2n) is 5.32. The highest BCUT2D eigenvalue weighted by Crippen LogP contribution is 2.29. The van der Waals surface area contributed by atoms with Gasteiger partial charge in [-0.05, 0) is 31.3 Å². The number of nitrogens with one attached hydrogen (secondary N) is 2. The molecular weight excluding hydrogens is 266 g/mol. The molecule has 1 heterocycles. The molecule has 0 spiro atoms. The molecule has 0 radical (unpaired) electrons. The highest BCUT2D eigenvalue weighted by Gasteiger charge is 2.19. The first-order valence-electron chi connectivity index (χ1n) is 7.16. The van der Waals surface area contributed by atoms with Crippen LogP contribution >= 0.6 is 0 Å². The number of nitrogens with zero attached hydrogens (tertiary/aromatic N) is 1. The Hall–Kier alpha value is -2.01. The molecule has 114 valence electrons. The smallest absolute Gasteiger partial charge is 0.315 e. The normalized spacial score (nSPS) is 14.2. The maximum Gasteiger partial charge on any atom is 0.315 e. The minimum absolute atomic E-state index is 0.130. The number of ether oxygens (including phenoxy) is 1. The Bertz CT molecular complexity index is 514. The fraction of sp³-hybridized carbons (Fsp3) is 0.438. The zero-order valence-electron chi connectivity index (χ0n) is 12.7. The van der Waals surface area contributed by atoms with Crippen molar-refractivity contribution in [2.45, 2.75) is 12.5 Å². The highest BCUT2D eigenvalue weighted by molar-refractivity contribution is 5.74. The maximum atomic E-state index is 11.6. The molecule has 1 aliphatic heterocycles. The molecule has 1 aliphatic rings. The molecule has 0 saturated carbocycles. The lowest BCUT2D eigenvalue weighted by atomic mass is 10.0. The molecule has 0 fully saturated rings. The summed E-state index contributed by atoms with van der Waals surface area (Å²) >= 11 is 0. The van der Waals surface area contributed by atoms with Crippen molar-refractivity contribution < 1.29 is 9.53 Å². The van der Waals surface area contributed by atoms with Gasteiger partial charge in [-0.1, -0.05) is 18.2 Å². The molecule has 0 aliphatic carbocycles. The van der Waals surface area contributed by atoms with Crippen LogP contribution < -0.4 is 15.4 Å². The van der Waals surface area contributed by atoms with Gasteiger partial charge in [0, 0.05) is 19.5 Å². The molecule has 2 rings (SSSR count). The number of carbonyl (C=O) groups excluding carboxylic acids is 1. The molecule has 1 aromatic rings. The number of benzene rings is 1. The van der Waals surface area contributed by atoms with Gasteiger partial charge in [0.25, 0.3) is 0 Å². The van der Waals surface area contributed by atoms with E-state index >= 15 is 0 Å². The van der Waals surface area contributed by atoms with Crippen molar-refractivity contribution in [3.63, 3.8) is 0 Å². The summed E-state index contributed by atoms with van der Waals surface area (Å²) in [5.41, 5.74) is 2.43. The molecule has 2 N–H and O–H groups in total. The number of rotatable bonds is 6. The van der Waals surface area contributed by atoms with Crippen molar-refractivity contribution in [2.24, 2.45) is 0 Å². The Kier molecular flexibility index (Phi) is 5.22. The van der Waals surface area contributed by atoms with Crippen LogP contribution in [0.1, 0.15) is 17.2 Å². The molecule has 0 saturated heterocycles. The topological polar surface area (TPSA) is 53.6 Å². The van der Waals surface area contributed by atoms with E-state index in [4.69, 9.17) is 4.74 Å². The van der Waals surface area contributed by atoms with Crippen LogP contribution in [0.15, 0.2) is 30.9 Å². The molecule has 2 amide bonds. The average molecular weight is 289 g/mol. The first kappa shape index (κ1) is 15.4. The maximum absolute atomic E-state index is 11.6. The van der Waals surface area contributed by atoms with Crippen molar-refractivity contribution in [2.75, 3.05) is 33.8 Å². The zero-order chi connectivity index (χ0) is 15.2. The molecule has 0 bridgehead atoms. The summed E-state index contributed by atoms with van der Waals surface area (Å²) in [6.45, 7) is 5.35. The van der Waals surface area contributed by atoms with Crippen molar-refractivity contribution >= 4 is 6.03 Å². The lowest BCUT2D eigenvalue weighted by Crippen LogP contribution is -2.40. The summed E-state index contributed by atoms with van der Waals surface area (Å²) in [5, 5.41) is 5.61. The van der Waals surface area contributed by atoms with Gasteiger partial charge in [-0.2, -0.15) is 0 Å². The van der Waals surface area contributed by atoms with Gasteiger partial charge in [0.15, 0.2) is 0 Å². The summed E-state index contributed by atoms with van der Waals surface area (Å²) in [5.74, 6) is 0.980. The van der Waals surface area contributed by atoms with E-state index in [1.165, 1.54) is 11.1 Å². The Morgan fingerprint density at radius 1 is 1.48 bits per heavy atom. The summed E-state index contributed by atoms with van der Waals surface area (Å²) in [4.78, 5) is 13.7. The number of likely N-dealkylation sites (N-methyl/N-ethyl adjacent to an activating group) is 1. The average Bonchev–Trinajstić information content (AvgIpc) is 2.92. The van der Waals surface area contributed by atoms with Crippen molar-refractivity contribution in [3.8, 4) is 5.75 Å². The summed E-state index contributed by atoms with van der Waals surface area (Å²) in [7, 11) is 4.02. The Balaban J connectivity index is 2.02. The van der Waals surface area contributed by atoms with Crippen LogP contribution in [-0.4, -0.2) is 44.7 Å². The van der Waals surface area contributed by atoms with Crippen molar-refractivity contribution in [3.05, 3.63) is 42.0 Å². The Labute approximate surface area is 126 Å². The fourth-order valence-electron chi connectivity index (χ4n) is 2.43. The van der Waals surface area contributed by atoms with Crippen LogP contribution in [0.3, 0.4) is 0 Å². The molecule has 5 nitrogen and oxygen atoms in total. The van der Waals surface area contributed by atoms with Gasteiger partial charge in [0.1, 0.15) is 5.75 Å². The monoisotopic (exact) mass is 289 g/mol. The minimum atomic E-state index is -0.175. The molecule has 0 aromatic heterocycles. The lowest BCUT2D eigenvalue weighted by molar-refractivity contribution is 0.233. The first-order chi connectivity index (χ1) is 10.1. The van der Waals surface area contributed by atoms with Gasteiger partial charge in [-0.25, -0.2) is 4.79 Å². The quantitative estimate of drug-likeness (QED) is 0.784. The first-order valence-corrected chi connectivity index (χ1v) is 7.16. The highest BCUT2D eigenvalue weighted by atomic mass is 16.5. The van der Waals surface area contributed by atoms with E-state index in [0.717, 1.165) is 18.8 Å². The standard InChI is InChI=1S/C16H23N3O2/c1-4-8-17-16(20)18-11-14(19(2)3)12-5-6-15-13(10-12)7-9-21-15/h4-6,10,14H,1,7-9,11H2,2-3H3,(H2,17,18,20). The molecule has 1 unspecified atom stereocenters. The number of fused-ring (bicyclic) bond motifs is 1. The third kappa shape index (κ3) is 3.98. The summed E-state index contributed by atoms with van der Waals surface area (Å²) in [6, 6.07) is 6.22. The van der Waals surface area contributed by atoms with E-state index in [1.54, 1.807) is 6.08 Å². The molecular formula is C16H23N3O2. The van der Waals surface area contributed by atoms with Gasteiger partial charge in [0.2, 0.25) is 0 Å². The van der Waals surface area contributed by atoms with Crippen LogP contribution in [-0.2, 0) is 6.42 Å². The van der Waals surface area contributed by atoms with E-state index in [-0.39, 0.29) is 12.1 Å². The summed E-state index contributed by atoms with van der Waals surface area (Å²) < 4.78 is 5.53. The SMILES string of the molecule is C=CCNC(=O)NCC(c1ccc2c(c1)CCO2)N(C)C. The third-order valence-corrected chi connectivity index (χ3v) is 3.58. The van der Waals surface area contributed by atoms with Crippen LogP contribution in [0.2, 0.25) is 0 Å². The number of hydrogen-bond donors (Lipinski definition) is 2. The second-order valence-corrected chi connectivity index (χ2v) is 5.32. The van der Waals surface area contributed by atoms with Crippen LogP contribution in [0.4, 0.5) is 4.79 Å². The number of amides is 2. The second kappa shape index (κ2) is 7.13. The van der Waals surface area contributed by atoms with Crippen molar-refractivity contribution in [1.82, 2.24) is 15.5 Å². The lowest BCUT2D eigenvalue weighted by Gasteiger charge is -2.25. The number of carbonyl (C=O) groups is 1. The molecule has 5 heteroatoms. The third-order valence-electron chi connectivity index (χ3n) is 3.58. The molecule has 1 atom stereocenters. The van der Waals surface area contributed by atoms with Gasteiger partial charge in [-0.15, -0.1) is 6.58 Å². The van der Waals surface area contributed by atoms with Crippen molar-refractivity contribution in [1.29, 1.82) is 0 Å². The van der Waals surface area contributed by atoms with Crippen LogP contribution in [0.5, 0.6) is 5.75 Å². The van der Waals surface area contributed by atoms with Crippen LogP contribution in [0.25, 0.3) is 0 Å². The zero-order valence-corrected chi connectivity index (χ0v) is 12.7. The molecule has 21 heavy (non-hydrogen) atoms. The molecule has 1 aromatic carbocycles. The van der Waals surface area contributed by atoms with Crippen LogP contribution in [0, 0.1) is 0 Å². The van der Waals surface area contributed by atoms with Gasteiger partial charge < -0.3 is 20.3 Å². The van der Waals surface area contributed by atoms with E-state index in [0.29, 0.717) is 13.1 Å². The Morgan fingerprint density at radius 3 is 3.00 bits per heavy atom. The predicted molar refractivity (Wildman–Crippen MR) is 83.7 cm³/mol. The van der Waals surface area contributed by atoms with E-state index in [1.807, 2.05) is 20.2 Å². The number of hydrogen-bond acceptors (Lipinski definition) is 3. The predicted octanol–water partition coefficient (Wildman–Crippen LogP) is 1.71.